The number of rotatable bonds is 4. The van der Waals surface area contributed by atoms with Gasteiger partial charge in [-0.05, 0) is 35.9 Å². The molecule has 0 saturated carbocycles. The third-order valence-electron chi connectivity index (χ3n) is 1.17. The molecule has 0 unspecified atom stereocenters. The first-order valence-electron chi connectivity index (χ1n) is 2.98. The van der Waals surface area contributed by atoms with Crippen LogP contribution in [-0.4, -0.2) is 15.6 Å². The van der Waals surface area contributed by atoms with Crippen LogP contribution in [0.4, 0.5) is 0 Å². The molecule has 2 N–H and O–H groups in total. The Bertz CT molecular complexity index is 147. The number of Topliss-reactive ketones (excluding diaryl/α,β-unsaturated/α-hetero) is 1. The minimum absolute atomic E-state index is 0.0503. The van der Waals surface area contributed by atoms with Crippen LogP contribution in [0.3, 0.4) is 0 Å². The van der Waals surface area contributed by atoms with E-state index in [1.54, 1.807) is 22.6 Å². The van der Waals surface area contributed by atoms with Gasteiger partial charge in [0.25, 0.3) is 0 Å². The largest absolute Gasteiger partial charge is 0.322 e. The summed E-state index contributed by atoms with van der Waals surface area (Å²) in [5, 5.41) is 0. The van der Waals surface area contributed by atoms with Crippen molar-refractivity contribution in [2.75, 3.05) is 0 Å². The Balaban J connectivity index is 3.49. The quantitative estimate of drug-likeness (QED) is 0.592. The monoisotopic (exact) mass is 255 g/mol. The second kappa shape index (κ2) is 4.79. The molecule has 0 aliphatic carbocycles. The molecule has 0 amide bonds. The average Bonchev–Trinajstić information content (AvgIpc) is 1.82. The third kappa shape index (κ3) is 4.87. The Kier molecular flexibility index (Phi) is 4.80. The van der Waals surface area contributed by atoms with Crippen molar-refractivity contribution in [2.24, 2.45) is 5.73 Å². The summed E-state index contributed by atoms with van der Waals surface area (Å²) in [6.45, 7) is 1.43. The molecule has 0 bridgehead atoms. The highest BCUT2D eigenvalue weighted by Crippen LogP contribution is 2.00. The molecule has 0 aromatic rings. The molecule has 0 spiro atoms. The van der Waals surface area contributed by atoms with E-state index in [4.69, 9.17) is 5.73 Å². The molecule has 0 aliphatic heterocycles. The average molecular weight is 255 g/mol. The van der Waals surface area contributed by atoms with Crippen molar-refractivity contribution in [3.63, 3.8) is 0 Å². The molecule has 0 saturated heterocycles. The summed E-state index contributed by atoms with van der Waals surface area (Å²) in [6.07, 6.45) is 0.860. The fourth-order valence-electron chi connectivity index (χ4n) is 0.472. The van der Waals surface area contributed by atoms with E-state index in [0.717, 1.165) is 0 Å². The number of ketones is 1. The summed E-state index contributed by atoms with van der Waals surface area (Å²) < 4.78 is 0.0503. The fourth-order valence-corrected chi connectivity index (χ4v) is 0.784. The minimum Gasteiger partial charge on any atom is -0.322 e. The maximum Gasteiger partial charge on any atom is 0.192 e. The number of carbonyl (C=O) groups is 2. The summed E-state index contributed by atoms with van der Waals surface area (Å²) >= 11 is 1.69. The standard InChI is InChI=1S/C6H10INO2/c1-4(9)5(8)2-3-6(7)10/h5H,2-3,8H2,1H3/t5-/m1/s1. The molecule has 0 rings (SSSR count). The van der Waals surface area contributed by atoms with Gasteiger partial charge in [0.05, 0.1) is 6.04 Å². The van der Waals surface area contributed by atoms with Crippen molar-refractivity contribution < 1.29 is 9.59 Å². The van der Waals surface area contributed by atoms with Gasteiger partial charge in [-0.15, -0.1) is 0 Å². The topological polar surface area (TPSA) is 60.2 Å². The van der Waals surface area contributed by atoms with Crippen LogP contribution in [0, 0.1) is 0 Å². The van der Waals surface area contributed by atoms with Crippen LogP contribution in [0.1, 0.15) is 19.8 Å². The van der Waals surface area contributed by atoms with Gasteiger partial charge in [-0.1, -0.05) is 0 Å². The van der Waals surface area contributed by atoms with Crippen LogP contribution in [0.15, 0.2) is 0 Å². The van der Waals surface area contributed by atoms with Crippen molar-refractivity contribution in [1.82, 2.24) is 0 Å². The van der Waals surface area contributed by atoms with E-state index in [9.17, 15) is 9.59 Å². The van der Waals surface area contributed by atoms with Gasteiger partial charge in [-0.3, -0.25) is 9.59 Å². The first kappa shape index (κ1) is 10.0. The summed E-state index contributed by atoms with van der Waals surface area (Å²) in [7, 11) is 0. The first-order chi connectivity index (χ1) is 4.54. The van der Waals surface area contributed by atoms with E-state index in [0.29, 0.717) is 12.8 Å². The second-order valence-corrected chi connectivity index (χ2v) is 3.31. The lowest BCUT2D eigenvalue weighted by molar-refractivity contribution is -0.118. The number of hydrogen-bond donors (Lipinski definition) is 1. The van der Waals surface area contributed by atoms with Gasteiger partial charge in [0.1, 0.15) is 5.78 Å². The van der Waals surface area contributed by atoms with Crippen LogP contribution in [0.5, 0.6) is 0 Å². The van der Waals surface area contributed by atoms with E-state index < -0.39 is 6.04 Å². The smallest absolute Gasteiger partial charge is 0.192 e. The number of nitrogens with two attached hydrogens (primary N) is 1. The highest BCUT2D eigenvalue weighted by molar-refractivity contribution is 14.1. The highest BCUT2D eigenvalue weighted by atomic mass is 127. The molecule has 0 heterocycles. The Hall–Kier alpha value is 0.0300. The normalized spacial score (nSPS) is 12.7. The molecule has 0 fully saturated rings. The molecular weight excluding hydrogens is 245 g/mol. The van der Waals surface area contributed by atoms with Crippen LogP contribution in [-0.2, 0) is 9.59 Å². The van der Waals surface area contributed by atoms with E-state index in [1.165, 1.54) is 6.92 Å². The highest BCUT2D eigenvalue weighted by Gasteiger charge is 2.08. The van der Waals surface area contributed by atoms with E-state index >= 15 is 0 Å². The molecule has 10 heavy (non-hydrogen) atoms. The Labute approximate surface area is 73.5 Å². The third-order valence-corrected chi connectivity index (χ3v) is 1.71. The first-order valence-corrected chi connectivity index (χ1v) is 4.06. The van der Waals surface area contributed by atoms with Gasteiger partial charge >= 0.3 is 0 Å². The Morgan fingerprint density at radius 1 is 1.60 bits per heavy atom. The number of carbonyl (C=O) groups excluding carboxylic acids is 2. The molecule has 0 aromatic heterocycles. The number of halogens is 1. The van der Waals surface area contributed by atoms with E-state index in [-0.39, 0.29) is 9.57 Å². The summed E-state index contributed by atoms with van der Waals surface area (Å²) in [5.74, 6) is -0.0577. The molecule has 1 atom stereocenters. The van der Waals surface area contributed by atoms with Gasteiger partial charge in [0.2, 0.25) is 0 Å². The van der Waals surface area contributed by atoms with Crippen LogP contribution in [0.25, 0.3) is 0 Å². The van der Waals surface area contributed by atoms with Crippen molar-refractivity contribution in [3.8, 4) is 0 Å². The molecule has 0 aromatic carbocycles. The zero-order valence-corrected chi connectivity index (χ0v) is 7.92. The van der Waals surface area contributed by atoms with Crippen molar-refractivity contribution >= 4 is 32.2 Å². The zero-order chi connectivity index (χ0) is 8.15. The minimum atomic E-state index is -0.460. The molecule has 3 nitrogen and oxygen atoms in total. The number of hydrogen-bond acceptors (Lipinski definition) is 3. The Morgan fingerprint density at radius 3 is 2.40 bits per heavy atom. The maximum absolute atomic E-state index is 10.5. The lowest BCUT2D eigenvalue weighted by Gasteiger charge is -2.03. The van der Waals surface area contributed by atoms with E-state index in [2.05, 4.69) is 0 Å². The molecule has 58 valence electrons. The summed E-state index contributed by atoms with van der Waals surface area (Å²) in [6, 6.07) is -0.460. The van der Waals surface area contributed by atoms with Gasteiger partial charge in [0, 0.05) is 6.42 Å². The van der Waals surface area contributed by atoms with Crippen LogP contribution < -0.4 is 5.73 Å². The van der Waals surface area contributed by atoms with Gasteiger partial charge in [-0.2, -0.15) is 0 Å². The lowest BCUT2D eigenvalue weighted by atomic mass is 10.1. The molecular formula is C6H10INO2. The van der Waals surface area contributed by atoms with Gasteiger partial charge in [0.15, 0.2) is 3.79 Å². The van der Waals surface area contributed by atoms with Crippen molar-refractivity contribution in [2.45, 2.75) is 25.8 Å². The van der Waals surface area contributed by atoms with Gasteiger partial charge < -0.3 is 5.73 Å². The van der Waals surface area contributed by atoms with Crippen LogP contribution in [0.2, 0.25) is 0 Å². The fraction of sp³-hybridized carbons (Fsp3) is 0.667. The summed E-state index contributed by atoms with van der Waals surface area (Å²) in [5.41, 5.74) is 5.36. The maximum atomic E-state index is 10.5. The van der Waals surface area contributed by atoms with Crippen molar-refractivity contribution in [3.05, 3.63) is 0 Å². The molecule has 0 radical (unpaired) electrons. The predicted molar refractivity (Wildman–Crippen MR) is 46.9 cm³/mol. The second-order valence-electron chi connectivity index (χ2n) is 2.11. The van der Waals surface area contributed by atoms with Crippen molar-refractivity contribution in [1.29, 1.82) is 0 Å². The summed E-state index contributed by atoms with van der Waals surface area (Å²) in [4.78, 5) is 20.9. The molecule has 4 heteroatoms. The SMILES string of the molecule is CC(=O)[C@H](N)CCC(=O)I. The molecule has 0 aliphatic rings. The van der Waals surface area contributed by atoms with Crippen LogP contribution >= 0.6 is 22.6 Å². The lowest BCUT2D eigenvalue weighted by Crippen LogP contribution is -2.28. The predicted octanol–water partition coefficient (Wildman–Crippen LogP) is 0.644. The van der Waals surface area contributed by atoms with E-state index in [1.807, 2.05) is 0 Å². The zero-order valence-electron chi connectivity index (χ0n) is 5.76. The Morgan fingerprint density at radius 2 is 2.10 bits per heavy atom. The van der Waals surface area contributed by atoms with Gasteiger partial charge in [-0.25, -0.2) is 0 Å².